The molecule has 0 aromatic carbocycles. The number of hydrogen-bond acceptors (Lipinski definition) is 4. The lowest BCUT2D eigenvalue weighted by atomic mass is 10.1. The van der Waals surface area contributed by atoms with Crippen LogP contribution in [0.3, 0.4) is 0 Å². The highest BCUT2D eigenvalue weighted by Gasteiger charge is 2.20. The van der Waals surface area contributed by atoms with Crippen molar-refractivity contribution < 1.29 is 8.42 Å². The van der Waals surface area contributed by atoms with Crippen LogP contribution in [0.1, 0.15) is 43.1 Å². The van der Waals surface area contributed by atoms with Gasteiger partial charge in [0.05, 0.1) is 18.0 Å². The molecule has 0 atom stereocenters. The minimum Gasteiger partial charge on any atom is -0.314 e. The smallest absolute Gasteiger partial charge is 0.151 e. The fourth-order valence-corrected chi connectivity index (χ4v) is 3.28. The van der Waals surface area contributed by atoms with E-state index in [1.165, 1.54) is 18.4 Å². The zero-order chi connectivity index (χ0) is 15.5. The first kappa shape index (κ1) is 16.5. The fraction of sp³-hybridized carbons (Fsp3) is 0.800. The predicted octanol–water partition coefficient (Wildman–Crippen LogP) is 1.62. The molecule has 0 unspecified atom stereocenters. The van der Waals surface area contributed by atoms with Crippen LogP contribution < -0.4 is 5.32 Å². The van der Waals surface area contributed by atoms with Crippen LogP contribution in [0, 0.1) is 13.8 Å². The second-order valence-corrected chi connectivity index (χ2v) is 8.41. The molecular formula is C15H27N3O2S. The van der Waals surface area contributed by atoms with Gasteiger partial charge in [0.1, 0.15) is 0 Å². The van der Waals surface area contributed by atoms with Gasteiger partial charge in [-0.2, -0.15) is 5.10 Å². The third kappa shape index (κ3) is 4.81. The minimum absolute atomic E-state index is 0.175. The molecule has 5 nitrogen and oxygen atoms in total. The number of aryl methyl sites for hydroxylation is 2. The molecule has 0 amide bonds. The Bertz CT molecular complexity index is 574. The van der Waals surface area contributed by atoms with E-state index >= 15 is 0 Å². The van der Waals surface area contributed by atoms with Crippen LogP contribution in [0.15, 0.2) is 0 Å². The molecular weight excluding hydrogens is 286 g/mol. The monoisotopic (exact) mass is 313 g/mol. The largest absolute Gasteiger partial charge is 0.314 e. The Labute approximate surface area is 128 Å². The normalized spacial score (nSPS) is 15.6. The van der Waals surface area contributed by atoms with Crippen molar-refractivity contribution in [1.29, 1.82) is 0 Å². The average Bonchev–Trinajstić information content (AvgIpc) is 3.22. The Morgan fingerprint density at radius 2 is 2.05 bits per heavy atom. The maximum absolute atomic E-state index is 11.6. The summed E-state index contributed by atoms with van der Waals surface area (Å²) < 4.78 is 25.1. The summed E-state index contributed by atoms with van der Waals surface area (Å²) in [7, 11) is -2.93. The molecule has 1 aliphatic carbocycles. The third-order valence-electron chi connectivity index (χ3n) is 4.20. The summed E-state index contributed by atoms with van der Waals surface area (Å²) in [6.07, 6.45) is 4.76. The van der Waals surface area contributed by atoms with Gasteiger partial charge in [0.2, 0.25) is 0 Å². The molecule has 0 aliphatic heterocycles. The van der Waals surface area contributed by atoms with E-state index in [0.717, 1.165) is 36.8 Å². The summed E-state index contributed by atoms with van der Waals surface area (Å²) in [6, 6.07) is 0.758. The van der Waals surface area contributed by atoms with E-state index in [0.29, 0.717) is 6.54 Å². The Morgan fingerprint density at radius 1 is 1.33 bits per heavy atom. The van der Waals surface area contributed by atoms with Gasteiger partial charge in [-0.15, -0.1) is 0 Å². The summed E-state index contributed by atoms with van der Waals surface area (Å²) in [6.45, 7) is 7.26. The molecule has 2 rings (SSSR count). The van der Waals surface area contributed by atoms with Crippen LogP contribution in [-0.4, -0.2) is 42.3 Å². The Hall–Kier alpha value is -0.880. The van der Waals surface area contributed by atoms with Gasteiger partial charge in [-0.3, -0.25) is 4.68 Å². The first-order valence-corrected chi connectivity index (χ1v) is 9.71. The lowest BCUT2D eigenvalue weighted by molar-refractivity contribution is 0.577. The van der Waals surface area contributed by atoms with Crippen LogP contribution in [0.4, 0.5) is 0 Å². The van der Waals surface area contributed by atoms with Crippen molar-refractivity contribution in [1.82, 2.24) is 15.1 Å². The Balaban J connectivity index is 1.89. The van der Waals surface area contributed by atoms with Crippen LogP contribution in [-0.2, 0) is 22.8 Å². The minimum atomic E-state index is -2.93. The maximum atomic E-state index is 11.6. The summed E-state index contributed by atoms with van der Waals surface area (Å²) in [5.41, 5.74) is 3.43. The second-order valence-electron chi connectivity index (χ2n) is 5.94. The fourth-order valence-electron chi connectivity index (χ4n) is 2.54. The Morgan fingerprint density at radius 3 is 2.67 bits per heavy atom. The van der Waals surface area contributed by atoms with Crippen molar-refractivity contribution in [3.8, 4) is 0 Å². The molecule has 6 heteroatoms. The van der Waals surface area contributed by atoms with E-state index in [2.05, 4.69) is 10.4 Å². The zero-order valence-corrected chi connectivity index (χ0v) is 14.2. The molecule has 1 N–H and O–H groups in total. The van der Waals surface area contributed by atoms with Crippen LogP contribution in [0.5, 0.6) is 0 Å². The van der Waals surface area contributed by atoms with E-state index < -0.39 is 9.84 Å². The topological polar surface area (TPSA) is 64.0 Å². The van der Waals surface area contributed by atoms with Crippen molar-refractivity contribution in [2.45, 2.75) is 59.0 Å². The molecule has 0 saturated heterocycles. The van der Waals surface area contributed by atoms with Crippen molar-refractivity contribution in [3.05, 3.63) is 17.0 Å². The highest BCUT2D eigenvalue weighted by molar-refractivity contribution is 7.91. The standard InChI is InChI=1S/C15H27N3O2S/c1-4-21(19,20)11-10-18-13(3)15(12(2)17-18)6-5-9-16-14-7-8-14/h14,16H,4-11H2,1-3H3. The summed E-state index contributed by atoms with van der Waals surface area (Å²) in [5, 5.41) is 8.02. The highest BCUT2D eigenvalue weighted by Crippen LogP contribution is 2.19. The number of nitrogens with zero attached hydrogens (tertiary/aromatic N) is 2. The summed E-state index contributed by atoms with van der Waals surface area (Å²) >= 11 is 0. The molecule has 120 valence electrons. The number of nitrogens with one attached hydrogen (secondary N) is 1. The predicted molar refractivity (Wildman–Crippen MR) is 85.4 cm³/mol. The lowest BCUT2D eigenvalue weighted by Crippen LogP contribution is -2.18. The van der Waals surface area contributed by atoms with Crippen LogP contribution >= 0.6 is 0 Å². The number of aromatic nitrogens is 2. The van der Waals surface area contributed by atoms with E-state index in [1.54, 1.807) is 6.92 Å². The lowest BCUT2D eigenvalue weighted by Gasteiger charge is -2.06. The Kier molecular flexibility index (Phi) is 5.43. The quantitative estimate of drug-likeness (QED) is 0.704. The molecule has 0 radical (unpaired) electrons. The SMILES string of the molecule is CCS(=O)(=O)CCn1nc(C)c(CCCNC2CC2)c1C. The number of hydrogen-bond donors (Lipinski definition) is 1. The molecule has 1 aromatic heterocycles. The van der Waals surface area contributed by atoms with Gasteiger partial charge < -0.3 is 5.32 Å². The first-order valence-electron chi connectivity index (χ1n) is 7.89. The van der Waals surface area contributed by atoms with E-state index in [9.17, 15) is 8.42 Å². The van der Waals surface area contributed by atoms with Crippen molar-refractivity contribution in [2.24, 2.45) is 0 Å². The summed E-state index contributed by atoms with van der Waals surface area (Å²) in [5.74, 6) is 0.375. The number of sulfone groups is 1. The van der Waals surface area contributed by atoms with E-state index in [1.807, 2.05) is 18.5 Å². The maximum Gasteiger partial charge on any atom is 0.151 e. The second kappa shape index (κ2) is 6.92. The van der Waals surface area contributed by atoms with Gasteiger partial charge >= 0.3 is 0 Å². The van der Waals surface area contributed by atoms with Gasteiger partial charge in [0.25, 0.3) is 0 Å². The molecule has 0 bridgehead atoms. The molecule has 1 fully saturated rings. The van der Waals surface area contributed by atoms with Crippen LogP contribution in [0.2, 0.25) is 0 Å². The van der Waals surface area contributed by atoms with Crippen molar-refractivity contribution in [3.63, 3.8) is 0 Å². The summed E-state index contributed by atoms with van der Waals surface area (Å²) in [4.78, 5) is 0. The molecule has 1 heterocycles. The van der Waals surface area contributed by atoms with Gasteiger partial charge in [-0.25, -0.2) is 8.42 Å². The molecule has 1 saturated carbocycles. The highest BCUT2D eigenvalue weighted by atomic mass is 32.2. The molecule has 21 heavy (non-hydrogen) atoms. The third-order valence-corrected chi connectivity index (χ3v) is 5.88. The average molecular weight is 313 g/mol. The van der Waals surface area contributed by atoms with Gasteiger partial charge in [0.15, 0.2) is 9.84 Å². The van der Waals surface area contributed by atoms with E-state index in [4.69, 9.17) is 0 Å². The van der Waals surface area contributed by atoms with Gasteiger partial charge in [0, 0.05) is 17.5 Å². The zero-order valence-electron chi connectivity index (χ0n) is 13.4. The first-order chi connectivity index (χ1) is 9.93. The number of rotatable bonds is 9. The van der Waals surface area contributed by atoms with Crippen LogP contribution in [0.25, 0.3) is 0 Å². The van der Waals surface area contributed by atoms with Crippen molar-refractivity contribution >= 4 is 9.84 Å². The van der Waals surface area contributed by atoms with Crippen molar-refractivity contribution in [2.75, 3.05) is 18.1 Å². The van der Waals surface area contributed by atoms with Gasteiger partial charge in [-0.05, 0) is 51.6 Å². The molecule has 1 aromatic rings. The molecule has 0 spiro atoms. The van der Waals surface area contributed by atoms with Gasteiger partial charge in [-0.1, -0.05) is 6.92 Å². The molecule has 1 aliphatic rings. The van der Waals surface area contributed by atoms with E-state index in [-0.39, 0.29) is 11.5 Å².